The molecular weight excluding hydrogens is 483 g/mol. The third-order valence-corrected chi connectivity index (χ3v) is 5.48. The van der Waals surface area contributed by atoms with Gasteiger partial charge in [0.25, 0.3) is 0 Å². The van der Waals surface area contributed by atoms with Crippen molar-refractivity contribution in [3.05, 3.63) is 70.7 Å². The molecule has 0 aliphatic carbocycles. The highest BCUT2D eigenvalue weighted by Gasteiger charge is 2.22. The Hall–Kier alpha value is -1.31. The molecule has 2 aromatic rings. The van der Waals surface area contributed by atoms with Gasteiger partial charge in [-0.3, -0.25) is 4.99 Å². The van der Waals surface area contributed by atoms with E-state index < -0.39 is 0 Å². The Bertz CT molecular complexity index is 738. The predicted molar refractivity (Wildman–Crippen MR) is 130 cm³/mol. The maximum atomic E-state index is 6.22. The minimum Gasteiger partial charge on any atom is -0.356 e. The quantitative estimate of drug-likeness (QED) is 0.332. The van der Waals surface area contributed by atoms with Crippen molar-refractivity contribution >= 4 is 41.5 Å². The molecule has 152 valence electrons. The molecule has 0 saturated carbocycles. The lowest BCUT2D eigenvalue weighted by molar-refractivity contribution is 0.328. The number of likely N-dealkylation sites (tertiary alicyclic amines) is 1. The molecule has 6 heteroatoms. The molecule has 28 heavy (non-hydrogen) atoms. The van der Waals surface area contributed by atoms with Crippen molar-refractivity contribution in [3.63, 3.8) is 0 Å². The zero-order chi connectivity index (χ0) is 18.9. The summed E-state index contributed by atoms with van der Waals surface area (Å²) in [6.45, 7) is 5.10. The molecule has 0 bridgehead atoms. The summed E-state index contributed by atoms with van der Waals surface area (Å²) >= 11 is 6.22. The fraction of sp³-hybridized carbons (Fsp3) is 0.409. The first-order valence-corrected chi connectivity index (χ1v) is 10.1. The van der Waals surface area contributed by atoms with E-state index in [0.29, 0.717) is 12.5 Å². The monoisotopic (exact) mass is 512 g/mol. The highest BCUT2D eigenvalue weighted by molar-refractivity contribution is 14.0. The molecule has 1 unspecified atom stereocenters. The van der Waals surface area contributed by atoms with Crippen molar-refractivity contribution in [2.45, 2.75) is 19.4 Å². The summed E-state index contributed by atoms with van der Waals surface area (Å²) in [5.74, 6) is 1.50. The standard InChI is InChI=1S/C22H29ClN4.HI/c1-24-22(26-16-20-9-5-6-10-21(20)23)25-15-19-12-14-27(17-19)13-11-18-7-3-2-4-8-18;/h2-10,19H,11-17H2,1H3,(H2,24,25,26);1H. The van der Waals surface area contributed by atoms with Crippen LogP contribution in [0.25, 0.3) is 0 Å². The van der Waals surface area contributed by atoms with Crippen molar-refractivity contribution in [1.82, 2.24) is 15.5 Å². The molecule has 0 radical (unpaired) electrons. The molecule has 1 fully saturated rings. The fourth-order valence-corrected chi connectivity index (χ4v) is 3.70. The van der Waals surface area contributed by atoms with E-state index in [0.717, 1.165) is 42.6 Å². The third kappa shape index (κ3) is 7.26. The van der Waals surface area contributed by atoms with Crippen molar-refractivity contribution in [2.75, 3.05) is 33.2 Å². The summed E-state index contributed by atoms with van der Waals surface area (Å²) in [5, 5.41) is 7.60. The number of guanidine groups is 1. The van der Waals surface area contributed by atoms with Crippen molar-refractivity contribution in [2.24, 2.45) is 10.9 Å². The molecule has 2 N–H and O–H groups in total. The highest BCUT2D eigenvalue weighted by Crippen LogP contribution is 2.16. The first kappa shape index (κ1) is 23.0. The number of halogens is 2. The maximum absolute atomic E-state index is 6.22. The summed E-state index contributed by atoms with van der Waals surface area (Å²) in [5.41, 5.74) is 2.50. The van der Waals surface area contributed by atoms with E-state index in [9.17, 15) is 0 Å². The number of hydrogen-bond acceptors (Lipinski definition) is 2. The van der Waals surface area contributed by atoms with Gasteiger partial charge >= 0.3 is 0 Å². The molecule has 1 atom stereocenters. The minimum absolute atomic E-state index is 0. The second-order valence-corrected chi connectivity index (χ2v) is 7.50. The molecule has 2 aromatic carbocycles. The molecule has 4 nitrogen and oxygen atoms in total. The summed E-state index contributed by atoms with van der Waals surface area (Å²) in [7, 11) is 1.81. The van der Waals surface area contributed by atoms with Gasteiger partial charge in [-0.25, -0.2) is 0 Å². The Kier molecular flexibility index (Phi) is 10.1. The van der Waals surface area contributed by atoms with Crippen LogP contribution >= 0.6 is 35.6 Å². The van der Waals surface area contributed by atoms with Gasteiger partial charge in [-0.05, 0) is 42.5 Å². The molecule has 1 aliphatic heterocycles. The number of nitrogens with zero attached hydrogens (tertiary/aromatic N) is 2. The van der Waals surface area contributed by atoms with Crippen LogP contribution in [-0.4, -0.2) is 44.1 Å². The van der Waals surface area contributed by atoms with Crippen LogP contribution in [0.5, 0.6) is 0 Å². The van der Waals surface area contributed by atoms with Crippen LogP contribution in [-0.2, 0) is 13.0 Å². The van der Waals surface area contributed by atoms with Crippen LogP contribution in [0.1, 0.15) is 17.5 Å². The van der Waals surface area contributed by atoms with Crippen molar-refractivity contribution in [3.8, 4) is 0 Å². The molecule has 1 heterocycles. The molecular formula is C22H30ClIN4. The third-order valence-electron chi connectivity index (χ3n) is 5.12. The predicted octanol–water partition coefficient (Wildman–Crippen LogP) is 4.19. The Balaban J connectivity index is 0.00000280. The first-order chi connectivity index (χ1) is 13.2. The highest BCUT2D eigenvalue weighted by atomic mass is 127. The van der Waals surface area contributed by atoms with Gasteiger partial charge < -0.3 is 15.5 Å². The van der Waals surface area contributed by atoms with E-state index in [1.165, 1.54) is 18.5 Å². The van der Waals surface area contributed by atoms with Gasteiger partial charge in [0.1, 0.15) is 0 Å². The number of rotatable bonds is 7. The fourth-order valence-electron chi connectivity index (χ4n) is 3.50. The maximum Gasteiger partial charge on any atom is 0.191 e. The van der Waals surface area contributed by atoms with Gasteiger partial charge in [-0.2, -0.15) is 0 Å². The summed E-state index contributed by atoms with van der Waals surface area (Å²) in [6.07, 6.45) is 2.37. The second kappa shape index (κ2) is 12.3. The Morgan fingerprint density at radius 1 is 1.11 bits per heavy atom. The van der Waals surface area contributed by atoms with Gasteiger partial charge in [0.05, 0.1) is 0 Å². The van der Waals surface area contributed by atoms with Crippen LogP contribution in [0.4, 0.5) is 0 Å². The van der Waals surface area contributed by atoms with Crippen molar-refractivity contribution in [1.29, 1.82) is 0 Å². The SMILES string of the molecule is CN=C(NCc1ccccc1Cl)NCC1CCN(CCc2ccccc2)C1.I. The van der Waals surface area contributed by atoms with Crippen molar-refractivity contribution < 1.29 is 0 Å². The van der Waals surface area contributed by atoms with Gasteiger partial charge in [-0.15, -0.1) is 24.0 Å². The summed E-state index contributed by atoms with van der Waals surface area (Å²) in [6, 6.07) is 18.6. The average molecular weight is 513 g/mol. The number of benzene rings is 2. The molecule has 0 amide bonds. The van der Waals surface area contributed by atoms with E-state index in [2.05, 4.69) is 50.9 Å². The summed E-state index contributed by atoms with van der Waals surface area (Å²) in [4.78, 5) is 6.90. The van der Waals surface area contributed by atoms with Gasteiger partial charge in [0.2, 0.25) is 0 Å². The number of aliphatic imine (C=N–C) groups is 1. The zero-order valence-corrected chi connectivity index (χ0v) is 19.5. The zero-order valence-electron chi connectivity index (χ0n) is 16.4. The largest absolute Gasteiger partial charge is 0.356 e. The van der Waals surface area contributed by atoms with Crippen LogP contribution in [0, 0.1) is 5.92 Å². The van der Waals surface area contributed by atoms with Gasteiger partial charge in [-0.1, -0.05) is 60.1 Å². The lowest BCUT2D eigenvalue weighted by Gasteiger charge is -2.18. The molecule has 1 aliphatic rings. The molecule has 3 rings (SSSR count). The van der Waals surface area contributed by atoms with Crippen LogP contribution in [0.3, 0.4) is 0 Å². The topological polar surface area (TPSA) is 39.7 Å². The number of hydrogen-bond donors (Lipinski definition) is 2. The molecule has 0 aromatic heterocycles. The van der Waals surface area contributed by atoms with E-state index in [1.54, 1.807) is 0 Å². The van der Waals surface area contributed by atoms with Gasteiger partial charge in [0, 0.05) is 38.2 Å². The Labute approximate surface area is 190 Å². The van der Waals surface area contributed by atoms with Crippen LogP contribution in [0.15, 0.2) is 59.6 Å². The van der Waals surface area contributed by atoms with E-state index >= 15 is 0 Å². The van der Waals surface area contributed by atoms with E-state index in [-0.39, 0.29) is 24.0 Å². The van der Waals surface area contributed by atoms with Crippen LogP contribution in [0.2, 0.25) is 5.02 Å². The lowest BCUT2D eigenvalue weighted by atomic mass is 10.1. The Morgan fingerprint density at radius 3 is 2.61 bits per heavy atom. The smallest absolute Gasteiger partial charge is 0.191 e. The average Bonchev–Trinajstić information content (AvgIpc) is 3.16. The lowest BCUT2D eigenvalue weighted by Crippen LogP contribution is -2.40. The van der Waals surface area contributed by atoms with E-state index in [4.69, 9.17) is 11.6 Å². The first-order valence-electron chi connectivity index (χ1n) is 9.69. The van der Waals surface area contributed by atoms with E-state index in [1.807, 2.05) is 31.3 Å². The van der Waals surface area contributed by atoms with Crippen LogP contribution < -0.4 is 10.6 Å². The normalized spacial score (nSPS) is 17.2. The second-order valence-electron chi connectivity index (χ2n) is 7.09. The Morgan fingerprint density at radius 2 is 1.86 bits per heavy atom. The summed E-state index contributed by atoms with van der Waals surface area (Å²) < 4.78 is 0. The number of nitrogens with one attached hydrogen (secondary N) is 2. The molecule has 0 spiro atoms. The van der Waals surface area contributed by atoms with Gasteiger partial charge in [0.15, 0.2) is 5.96 Å². The molecule has 1 saturated heterocycles. The minimum atomic E-state index is 0.